The van der Waals surface area contributed by atoms with Crippen molar-refractivity contribution in [2.24, 2.45) is 7.05 Å². The van der Waals surface area contributed by atoms with Crippen LogP contribution in [0.3, 0.4) is 0 Å². The fourth-order valence-corrected chi connectivity index (χ4v) is 5.60. The maximum atomic E-state index is 12.4. The number of benzene rings is 2. The van der Waals surface area contributed by atoms with Crippen molar-refractivity contribution >= 4 is 9.84 Å². The molecule has 2 aromatic carbocycles. The molecule has 1 saturated heterocycles. The third-order valence-corrected chi connectivity index (χ3v) is 7.71. The van der Waals surface area contributed by atoms with E-state index in [1.165, 1.54) is 11.8 Å². The molecule has 0 amide bonds. The van der Waals surface area contributed by atoms with Gasteiger partial charge in [-0.15, -0.1) is 5.10 Å². The topological polar surface area (TPSA) is 110 Å². The third kappa shape index (κ3) is 4.51. The van der Waals surface area contributed by atoms with Crippen LogP contribution in [0.25, 0.3) is 22.5 Å². The lowest BCUT2D eigenvalue weighted by Gasteiger charge is -2.32. The number of hydrogen-bond acceptors (Lipinski definition) is 7. The average Bonchev–Trinajstić information content (AvgIpc) is 3.51. The van der Waals surface area contributed by atoms with Gasteiger partial charge in [-0.05, 0) is 65.0 Å². The summed E-state index contributed by atoms with van der Waals surface area (Å²) in [5, 5.41) is 14.0. The number of aromatic nitrogens is 6. The van der Waals surface area contributed by atoms with Gasteiger partial charge in [0.25, 0.3) is 0 Å². The zero-order chi connectivity index (χ0) is 23.7. The van der Waals surface area contributed by atoms with E-state index in [2.05, 4.69) is 59.3 Å². The van der Waals surface area contributed by atoms with Gasteiger partial charge in [-0.25, -0.2) is 18.5 Å². The molecule has 2 aromatic heterocycles. The first kappa shape index (κ1) is 22.4. The van der Waals surface area contributed by atoms with Gasteiger partial charge in [0.2, 0.25) is 0 Å². The van der Waals surface area contributed by atoms with Crippen molar-refractivity contribution in [3.05, 3.63) is 66.2 Å². The van der Waals surface area contributed by atoms with E-state index >= 15 is 0 Å². The van der Waals surface area contributed by atoms with Crippen LogP contribution in [0.5, 0.6) is 0 Å². The molecule has 9 nitrogen and oxygen atoms in total. The molecule has 176 valence electrons. The number of likely N-dealkylation sites (tertiary alicyclic amines) is 1. The van der Waals surface area contributed by atoms with Gasteiger partial charge < -0.3 is 4.57 Å². The highest BCUT2D eigenvalue weighted by Crippen LogP contribution is 2.36. The molecule has 0 aliphatic carbocycles. The number of rotatable bonds is 6. The lowest BCUT2D eigenvalue weighted by Crippen LogP contribution is -2.33. The number of aromatic amines is 1. The summed E-state index contributed by atoms with van der Waals surface area (Å²) in [5.74, 6) is 1.93. The normalized spacial score (nSPS) is 15.6. The Morgan fingerprint density at radius 3 is 2.47 bits per heavy atom. The molecule has 0 saturated carbocycles. The molecule has 4 aromatic rings. The molecule has 3 heterocycles. The number of piperidine rings is 1. The fraction of sp³-hybridized carbons (Fsp3) is 0.333. The van der Waals surface area contributed by atoms with Crippen molar-refractivity contribution in [1.29, 1.82) is 0 Å². The quantitative estimate of drug-likeness (QED) is 0.454. The van der Waals surface area contributed by atoms with Gasteiger partial charge >= 0.3 is 0 Å². The Hall–Kier alpha value is -3.37. The minimum atomic E-state index is -3.47. The van der Waals surface area contributed by atoms with E-state index < -0.39 is 9.84 Å². The first-order valence-electron chi connectivity index (χ1n) is 11.3. The number of aryl methyl sites for hydroxylation is 1. The number of nitrogens with one attached hydrogen (secondary N) is 1. The number of sulfone groups is 1. The molecule has 1 fully saturated rings. The van der Waals surface area contributed by atoms with Gasteiger partial charge in [0.1, 0.15) is 5.82 Å². The van der Waals surface area contributed by atoms with Gasteiger partial charge in [-0.1, -0.05) is 36.4 Å². The number of nitrogens with zero attached hydrogens (tertiary/aromatic N) is 6. The number of hydrogen-bond donors (Lipinski definition) is 1. The number of tetrazole rings is 1. The Morgan fingerprint density at radius 1 is 1.09 bits per heavy atom. The van der Waals surface area contributed by atoms with Gasteiger partial charge in [-0.3, -0.25) is 4.90 Å². The van der Waals surface area contributed by atoms with E-state index in [1.54, 1.807) is 12.1 Å². The Balaban J connectivity index is 1.36. The molecule has 1 aliphatic rings. The molecular formula is C24H27N7O2S. The molecule has 0 spiro atoms. The molecule has 1 N–H and O–H groups in total. The van der Waals surface area contributed by atoms with Crippen LogP contribution in [0.15, 0.2) is 59.8 Å². The van der Waals surface area contributed by atoms with Crippen molar-refractivity contribution in [2.75, 3.05) is 19.3 Å². The first-order valence-corrected chi connectivity index (χ1v) is 13.2. The average molecular weight is 478 g/mol. The van der Waals surface area contributed by atoms with Crippen LogP contribution in [0.2, 0.25) is 0 Å². The second-order valence-electron chi connectivity index (χ2n) is 8.83. The predicted molar refractivity (Wildman–Crippen MR) is 129 cm³/mol. The first-order chi connectivity index (χ1) is 16.4. The van der Waals surface area contributed by atoms with Crippen LogP contribution in [-0.4, -0.2) is 62.8 Å². The summed E-state index contributed by atoms with van der Waals surface area (Å²) >= 11 is 0. The van der Waals surface area contributed by atoms with E-state index in [1.807, 2.05) is 25.5 Å². The summed E-state index contributed by atoms with van der Waals surface area (Å²) in [5.41, 5.74) is 3.50. The van der Waals surface area contributed by atoms with E-state index in [0.29, 0.717) is 17.3 Å². The monoisotopic (exact) mass is 477 g/mol. The van der Waals surface area contributed by atoms with Gasteiger partial charge in [0, 0.05) is 31.3 Å². The van der Waals surface area contributed by atoms with Crippen molar-refractivity contribution in [3.63, 3.8) is 0 Å². The van der Waals surface area contributed by atoms with Gasteiger partial charge in [-0.2, -0.15) is 0 Å². The molecule has 5 rings (SSSR count). The minimum absolute atomic E-state index is 0.202. The fourth-order valence-electron chi connectivity index (χ4n) is 4.70. The van der Waals surface area contributed by atoms with Crippen molar-refractivity contribution in [2.45, 2.75) is 30.2 Å². The molecule has 34 heavy (non-hydrogen) atoms. The Labute approximate surface area is 198 Å². The Bertz CT molecular complexity index is 1370. The third-order valence-electron chi connectivity index (χ3n) is 6.57. The SMILES string of the molecule is Cn1ccnc1CN1CCC(c2ccc(-c3cccc(S(C)(=O)=O)c3-c3nnn[nH]3)cc2)CC1. The van der Waals surface area contributed by atoms with E-state index in [-0.39, 0.29) is 4.90 Å². The smallest absolute Gasteiger partial charge is 0.181 e. The van der Waals surface area contributed by atoms with E-state index in [9.17, 15) is 8.42 Å². The van der Waals surface area contributed by atoms with Crippen molar-refractivity contribution in [3.8, 4) is 22.5 Å². The van der Waals surface area contributed by atoms with Crippen LogP contribution < -0.4 is 0 Å². The molecular weight excluding hydrogens is 450 g/mol. The second-order valence-corrected chi connectivity index (χ2v) is 10.8. The predicted octanol–water partition coefficient (Wildman–Crippen LogP) is 3.05. The molecule has 0 unspecified atom stereocenters. The summed E-state index contributed by atoms with van der Waals surface area (Å²) in [6, 6.07) is 13.7. The maximum Gasteiger partial charge on any atom is 0.181 e. The maximum absolute atomic E-state index is 12.4. The van der Waals surface area contributed by atoms with Crippen LogP contribution in [0.1, 0.15) is 30.1 Å². The summed E-state index contributed by atoms with van der Waals surface area (Å²) in [6.45, 7) is 2.96. The van der Waals surface area contributed by atoms with Gasteiger partial charge in [0.15, 0.2) is 15.7 Å². The highest BCUT2D eigenvalue weighted by atomic mass is 32.2. The highest BCUT2D eigenvalue weighted by Gasteiger charge is 2.23. The van der Waals surface area contributed by atoms with Crippen molar-refractivity contribution in [1.82, 2.24) is 35.1 Å². The summed E-state index contributed by atoms with van der Waals surface area (Å²) in [6.07, 6.45) is 7.23. The zero-order valence-corrected chi connectivity index (χ0v) is 20.0. The molecule has 0 atom stereocenters. The lowest BCUT2D eigenvalue weighted by molar-refractivity contribution is 0.198. The Morgan fingerprint density at radius 2 is 1.85 bits per heavy atom. The minimum Gasteiger partial charge on any atom is -0.337 e. The summed E-state index contributed by atoms with van der Waals surface area (Å²) in [7, 11) is -1.43. The second kappa shape index (κ2) is 9.11. The molecule has 0 bridgehead atoms. The Kier molecular flexibility index (Phi) is 6.01. The van der Waals surface area contributed by atoms with Crippen LogP contribution in [-0.2, 0) is 23.4 Å². The largest absolute Gasteiger partial charge is 0.337 e. The van der Waals surface area contributed by atoms with Crippen LogP contribution in [0, 0.1) is 0 Å². The van der Waals surface area contributed by atoms with E-state index in [0.717, 1.165) is 49.4 Å². The zero-order valence-electron chi connectivity index (χ0n) is 19.2. The molecule has 10 heteroatoms. The molecule has 1 aliphatic heterocycles. The van der Waals surface area contributed by atoms with Crippen LogP contribution in [0.4, 0.5) is 0 Å². The van der Waals surface area contributed by atoms with E-state index in [4.69, 9.17) is 0 Å². The number of imidazole rings is 1. The summed E-state index contributed by atoms with van der Waals surface area (Å²) < 4.78 is 27.0. The highest BCUT2D eigenvalue weighted by molar-refractivity contribution is 7.90. The lowest BCUT2D eigenvalue weighted by atomic mass is 9.88. The van der Waals surface area contributed by atoms with Crippen LogP contribution >= 0.6 is 0 Å². The standard InChI is InChI=1S/C24H27N7O2S/c1-30-15-12-25-22(30)16-31-13-10-18(11-14-31)17-6-8-19(9-7-17)20-4-3-5-21(34(2,32)33)23(20)24-26-28-29-27-24/h3-9,12,15,18H,10-11,13-14,16H2,1-2H3,(H,26,27,28,29). The van der Waals surface area contributed by atoms with Crippen molar-refractivity contribution < 1.29 is 8.42 Å². The summed E-state index contributed by atoms with van der Waals surface area (Å²) in [4.78, 5) is 7.10. The molecule has 0 radical (unpaired) electrons. The number of H-pyrrole nitrogens is 1. The van der Waals surface area contributed by atoms with Gasteiger partial charge in [0.05, 0.1) is 11.4 Å².